The van der Waals surface area contributed by atoms with Gasteiger partial charge in [-0.3, -0.25) is 0 Å². The number of ether oxygens (including phenoxy) is 2. The van der Waals surface area contributed by atoms with Crippen LogP contribution in [-0.2, 0) is 6.18 Å². The van der Waals surface area contributed by atoms with Gasteiger partial charge in [-0.1, -0.05) is 30.3 Å². The van der Waals surface area contributed by atoms with Gasteiger partial charge in [0.1, 0.15) is 5.75 Å². The number of aromatic nitrogens is 2. The van der Waals surface area contributed by atoms with Gasteiger partial charge in [-0.15, -0.1) is 0 Å². The number of fused-ring (bicyclic) bond motifs is 1. The Morgan fingerprint density at radius 3 is 2.35 bits per heavy atom. The first-order valence-electron chi connectivity index (χ1n) is 6.62. The average molecular weight is 320 g/mol. The number of alkyl halides is 3. The lowest BCUT2D eigenvalue weighted by molar-refractivity contribution is -0.141. The van der Waals surface area contributed by atoms with Gasteiger partial charge in [-0.05, 0) is 22.9 Å². The maximum absolute atomic E-state index is 12.8. The van der Waals surface area contributed by atoms with E-state index in [4.69, 9.17) is 9.47 Å². The van der Waals surface area contributed by atoms with E-state index in [-0.39, 0.29) is 5.88 Å². The van der Waals surface area contributed by atoms with Crippen molar-refractivity contribution in [2.45, 2.75) is 6.18 Å². The Bertz CT molecular complexity index is 850. The van der Waals surface area contributed by atoms with E-state index in [1.54, 1.807) is 18.2 Å². The molecule has 3 rings (SSSR count). The molecule has 0 radical (unpaired) electrons. The van der Waals surface area contributed by atoms with E-state index in [2.05, 4.69) is 9.97 Å². The third kappa shape index (κ3) is 3.33. The zero-order chi connectivity index (χ0) is 16.4. The number of methoxy groups -OCH3 is 1. The molecule has 1 heterocycles. The van der Waals surface area contributed by atoms with Crippen LogP contribution in [-0.4, -0.2) is 17.1 Å². The molecule has 3 aromatic rings. The summed E-state index contributed by atoms with van der Waals surface area (Å²) in [4.78, 5) is 7.17. The van der Waals surface area contributed by atoms with Crippen molar-refractivity contribution in [2.24, 2.45) is 0 Å². The molecule has 0 atom stereocenters. The lowest BCUT2D eigenvalue weighted by Gasteiger charge is -2.10. The van der Waals surface area contributed by atoms with Gasteiger partial charge in [0.15, 0.2) is 5.69 Å². The third-order valence-corrected chi connectivity index (χ3v) is 3.11. The van der Waals surface area contributed by atoms with Crippen LogP contribution >= 0.6 is 0 Å². The van der Waals surface area contributed by atoms with Crippen LogP contribution in [0, 0.1) is 0 Å². The Morgan fingerprint density at radius 1 is 0.913 bits per heavy atom. The molecule has 0 saturated carbocycles. The number of nitrogens with zero attached hydrogens (tertiary/aromatic N) is 2. The highest BCUT2D eigenvalue weighted by molar-refractivity contribution is 5.83. The highest BCUT2D eigenvalue weighted by Crippen LogP contribution is 2.32. The monoisotopic (exact) mass is 320 g/mol. The molecule has 0 saturated heterocycles. The highest BCUT2D eigenvalue weighted by atomic mass is 19.4. The molecule has 2 aromatic carbocycles. The Balaban J connectivity index is 1.97. The number of rotatable bonds is 3. The van der Waals surface area contributed by atoms with Crippen molar-refractivity contribution in [1.29, 1.82) is 0 Å². The van der Waals surface area contributed by atoms with E-state index in [0.29, 0.717) is 11.8 Å². The minimum absolute atomic E-state index is 0.219. The normalized spacial score (nSPS) is 11.5. The standard InChI is InChI=1S/C16H11F3N2O2/c1-22-14-9-13(16(17,18)19)20-15(21-14)23-12-7-6-10-4-2-3-5-11(10)8-12/h2-9H,1H3. The van der Waals surface area contributed by atoms with Crippen LogP contribution in [0.3, 0.4) is 0 Å². The van der Waals surface area contributed by atoms with Crippen LogP contribution in [0.4, 0.5) is 13.2 Å². The zero-order valence-electron chi connectivity index (χ0n) is 12.0. The second-order valence-electron chi connectivity index (χ2n) is 4.69. The summed E-state index contributed by atoms with van der Waals surface area (Å²) in [5.74, 6) is 0.119. The van der Waals surface area contributed by atoms with Crippen LogP contribution in [0.25, 0.3) is 10.8 Å². The lowest BCUT2D eigenvalue weighted by atomic mass is 10.1. The molecule has 0 aliphatic heterocycles. The van der Waals surface area contributed by atoms with Crippen molar-refractivity contribution in [3.05, 3.63) is 54.2 Å². The Hall–Kier alpha value is -2.83. The van der Waals surface area contributed by atoms with Gasteiger partial charge in [0.05, 0.1) is 7.11 Å². The maximum atomic E-state index is 12.8. The fourth-order valence-electron chi connectivity index (χ4n) is 2.04. The molecule has 4 nitrogen and oxygen atoms in total. The fourth-order valence-corrected chi connectivity index (χ4v) is 2.04. The SMILES string of the molecule is COc1cc(C(F)(F)F)nc(Oc2ccc3ccccc3c2)n1. The largest absolute Gasteiger partial charge is 0.481 e. The summed E-state index contributed by atoms with van der Waals surface area (Å²) in [6.07, 6.45) is -4.61. The van der Waals surface area contributed by atoms with Gasteiger partial charge >= 0.3 is 12.2 Å². The smallest absolute Gasteiger partial charge is 0.433 e. The van der Waals surface area contributed by atoms with Crippen LogP contribution in [0.5, 0.6) is 17.6 Å². The summed E-state index contributed by atoms with van der Waals surface area (Å²) < 4.78 is 48.6. The molecule has 0 unspecified atom stereocenters. The molecule has 0 fully saturated rings. The predicted octanol–water partition coefficient (Wildman–Crippen LogP) is 4.45. The van der Waals surface area contributed by atoms with Crippen LogP contribution in [0.2, 0.25) is 0 Å². The van der Waals surface area contributed by atoms with Crippen LogP contribution in [0.1, 0.15) is 5.69 Å². The quantitative estimate of drug-likeness (QED) is 0.715. The van der Waals surface area contributed by atoms with E-state index >= 15 is 0 Å². The number of hydrogen-bond acceptors (Lipinski definition) is 4. The molecule has 0 spiro atoms. The maximum Gasteiger partial charge on any atom is 0.433 e. The van der Waals surface area contributed by atoms with Crippen molar-refractivity contribution in [3.8, 4) is 17.6 Å². The van der Waals surface area contributed by atoms with Gasteiger partial charge in [0.25, 0.3) is 0 Å². The van der Waals surface area contributed by atoms with Gasteiger partial charge in [-0.25, -0.2) is 0 Å². The molecule has 0 aliphatic rings. The second kappa shape index (κ2) is 5.75. The average Bonchev–Trinajstić information content (AvgIpc) is 2.53. The molecule has 0 bridgehead atoms. The predicted molar refractivity (Wildman–Crippen MR) is 77.6 cm³/mol. The first kappa shape index (κ1) is 15.1. The Morgan fingerprint density at radius 2 is 1.65 bits per heavy atom. The van der Waals surface area contributed by atoms with E-state index in [0.717, 1.165) is 10.8 Å². The summed E-state index contributed by atoms with van der Waals surface area (Å²) in [6, 6.07) is 13.0. The summed E-state index contributed by atoms with van der Waals surface area (Å²) in [6.45, 7) is 0. The van der Waals surface area contributed by atoms with Crippen molar-refractivity contribution in [3.63, 3.8) is 0 Å². The van der Waals surface area contributed by atoms with Gasteiger partial charge in [-0.2, -0.15) is 23.1 Å². The van der Waals surface area contributed by atoms with E-state index in [1.165, 1.54) is 7.11 Å². The molecule has 0 amide bonds. The third-order valence-electron chi connectivity index (χ3n) is 3.11. The minimum atomic E-state index is -4.61. The second-order valence-corrected chi connectivity index (χ2v) is 4.69. The summed E-state index contributed by atoms with van der Waals surface area (Å²) in [7, 11) is 1.22. The van der Waals surface area contributed by atoms with Crippen molar-refractivity contribution in [2.75, 3.05) is 7.11 Å². The van der Waals surface area contributed by atoms with E-state index in [9.17, 15) is 13.2 Å². The Kier molecular flexibility index (Phi) is 3.77. The topological polar surface area (TPSA) is 44.2 Å². The molecule has 7 heteroatoms. The molecular weight excluding hydrogens is 309 g/mol. The highest BCUT2D eigenvalue weighted by Gasteiger charge is 2.34. The molecule has 0 N–H and O–H groups in total. The van der Waals surface area contributed by atoms with E-state index < -0.39 is 17.9 Å². The van der Waals surface area contributed by atoms with Crippen molar-refractivity contribution < 1.29 is 22.6 Å². The fraction of sp³-hybridized carbons (Fsp3) is 0.125. The van der Waals surface area contributed by atoms with Crippen molar-refractivity contribution >= 4 is 10.8 Å². The zero-order valence-corrected chi connectivity index (χ0v) is 12.0. The molecule has 1 aromatic heterocycles. The number of hydrogen-bond donors (Lipinski definition) is 0. The van der Waals surface area contributed by atoms with E-state index in [1.807, 2.05) is 24.3 Å². The molecule has 23 heavy (non-hydrogen) atoms. The summed E-state index contributed by atoms with van der Waals surface area (Å²) >= 11 is 0. The summed E-state index contributed by atoms with van der Waals surface area (Å²) in [5.41, 5.74) is -1.12. The van der Waals surface area contributed by atoms with Crippen molar-refractivity contribution in [1.82, 2.24) is 9.97 Å². The van der Waals surface area contributed by atoms with Gasteiger partial charge in [0, 0.05) is 6.07 Å². The number of benzene rings is 2. The molecule has 118 valence electrons. The van der Waals surface area contributed by atoms with Gasteiger partial charge < -0.3 is 9.47 Å². The Labute approximate surface area is 129 Å². The van der Waals surface area contributed by atoms with Crippen LogP contribution < -0.4 is 9.47 Å². The minimum Gasteiger partial charge on any atom is -0.481 e. The molecular formula is C16H11F3N2O2. The van der Waals surface area contributed by atoms with Crippen LogP contribution in [0.15, 0.2) is 48.5 Å². The first-order valence-corrected chi connectivity index (χ1v) is 6.62. The summed E-state index contributed by atoms with van der Waals surface area (Å²) in [5, 5.41) is 1.88. The first-order chi connectivity index (χ1) is 11.0. The lowest BCUT2D eigenvalue weighted by Crippen LogP contribution is -2.10. The van der Waals surface area contributed by atoms with Gasteiger partial charge in [0.2, 0.25) is 5.88 Å². The molecule has 0 aliphatic carbocycles. The number of halogens is 3.